The minimum Gasteiger partial charge on any atom is -0.443 e. The highest BCUT2D eigenvalue weighted by molar-refractivity contribution is 5.60. The van der Waals surface area contributed by atoms with Crippen LogP contribution in [0.15, 0.2) is 29.0 Å². The molecule has 1 N–H and O–H groups in total. The van der Waals surface area contributed by atoms with Crippen LogP contribution >= 0.6 is 0 Å². The van der Waals surface area contributed by atoms with Gasteiger partial charge in [-0.3, -0.25) is 0 Å². The summed E-state index contributed by atoms with van der Waals surface area (Å²) in [5.41, 5.74) is 0.675. The highest BCUT2D eigenvalue weighted by Gasteiger charge is 2.16. The van der Waals surface area contributed by atoms with Crippen LogP contribution in [0.3, 0.4) is 0 Å². The fourth-order valence-electron chi connectivity index (χ4n) is 1.68. The normalized spacial score (nSPS) is 10.8. The molecule has 0 fully saturated rings. The molecule has 2 rings (SSSR count). The molecule has 0 amide bonds. The van der Waals surface area contributed by atoms with Gasteiger partial charge in [-0.05, 0) is 25.1 Å². The van der Waals surface area contributed by atoms with Gasteiger partial charge in [0.25, 0.3) is 0 Å². The molecule has 0 aliphatic carbocycles. The SMILES string of the molecule is CCCNCc1ncoc1-c1cccc(F)c1F. The van der Waals surface area contributed by atoms with E-state index >= 15 is 0 Å². The fraction of sp³-hybridized carbons (Fsp3) is 0.308. The van der Waals surface area contributed by atoms with Gasteiger partial charge in [-0.15, -0.1) is 0 Å². The Hall–Kier alpha value is -1.75. The van der Waals surface area contributed by atoms with Gasteiger partial charge in [0.2, 0.25) is 0 Å². The van der Waals surface area contributed by atoms with Gasteiger partial charge in [-0.25, -0.2) is 13.8 Å². The van der Waals surface area contributed by atoms with E-state index in [0.717, 1.165) is 19.0 Å². The van der Waals surface area contributed by atoms with Crippen LogP contribution in [0.2, 0.25) is 0 Å². The number of nitrogens with one attached hydrogen (secondary N) is 1. The Morgan fingerprint density at radius 1 is 1.33 bits per heavy atom. The average molecular weight is 252 g/mol. The molecule has 0 unspecified atom stereocenters. The molecule has 1 aromatic carbocycles. The number of nitrogens with zero attached hydrogens (tertiary/aromatic N) is 1. The Bertz CT molecular complexity index is 525. The molecule has 2 aromatic rings. The molecule has 0 atom stereocenters. The summed E-state index contributed by atoms with van der Waals surface area (Å²) >= 11 is 0. The lowest BCUT2D eigenvalue weighted by Crippen LogP contribution is -2.14. The molecule has 96 valence electrons. The van der Waals surface area contributed by atoms with Crippen LogP contribution in [0.4, 0.5) is 8.78 Å². The van der Waals surface area contributed by atoms with Gasteiger partial charge in [0.15, 0.2) is 23.8 Å². The number of halogens is 2. The van der Waals surface area contributed by atoms with Crippen LogP contribution < -0.4 is 5.32 Å². The third-order valence-electron chi connectivity index (χ3n) is 2.56. The summed E-state index contributed by atoms with van der Waals surface area (Å²) in [5, 5.41) is 3.14. The first-order valence-corrected chi connectivity index (χ1v) is 5.81. The summed E-state index contributed by atoms with van der Waals surface area (Å²) in [6, 6.07) is 3.99. The van der Waals surface area contributed by atoms with Gasteiger partial charge < -0.3 is 9.73 Å². The largest absolute Gasteiger partial charge is 0.443 e. The molecule has 0 bridgehead atoms. The third kappa shape index (κ3) is 2.56. The van der Waals surface area contributed by atoms with Gasteiger partial charge in [0.05, 0.1) is 5.56 Å². The van der Waals surface area contributed by atoms with Crippen molar-refractivity contribution in [3.63, 3.8) is 0 Å². The third-order valence-corrected chi connectivity index (χ3v) is 2.56. The molecule has 0 saturated carbocycles. The highest BCUT2D eigenvalue weighted by Crippen LogP contribution is 2.27. The summed E-state index contributed by atoms with van der Waals surface area (Å²) in [4.78, 5) is 4.02. The molecule has 3 nitrogen and oxygen atoms in total. The van der Waals surface area contributed by atoms with Gasteiger partial charge in [-0.2, -0.15) is 0 Å². The molecule has 0 radical (unpaired) electrons. The average Bonchev–Trinajstić information content (AvgIpc) is 2.81. The van der Waals surface area contributed by atoms with Crippen molar-refractivity contribution in [2.24, 2.45) is 0 Å². The molecule has 0 spiro atoms. The van der Waals surface area contributed by atoms with E-state index in [2.05, 4.69) is 10.3 Å². The maximum absolute atomic E-state index is 13.7. The van der Waals surface area contributed by atoms with Crippen LogP contribution in [-0.4, -0.2) is 11.5 Å². The molecule has 5 heteroatoms. The van der Waals surface area contributed by atoms with E-state index in [1.54, 1.807) is 0 Å². The molecule has 18 heavy (non-hydrogen) atoms. The van der Waals surface area contributed by atoms with E-state index in [1.165, 1.54) is 18.5 Å². The second-order valence-electron chi connectivity index (χ2n) is 3.91. The molecule has 1 heterocycles. The number of hydrogen-bond donors (Lipinski definition) is 1. The van der Waals surface area contributed by atoms with Crippen molar-refractivity contribution in [2.45, 2.75) is 19.9 Å². The topological polar surface area (TPSA) is 38.1 Å². The summed E-state index contributed by atoms with van der Waals surface area (Å²) in [6.07, 6.45) is 2.23. The number of rotatable bonds is 5. The second kappa shape index (κ2) is 5.73. The number of benzene rings is 1. The van der Waals surface area contributed by atoms with Crippen molar-refractivity contribution in [1.82, 2.24) is 10.3 Å². The Balaban J connectivity index is 2.28. The van der Waals surface area contributed by atoms with Crippen molar-refractivity contribution < 1.29 is 13.2 Å². The van der Waals surface area contributed by atoms with Crippen molar-refractivity contribution in [3.8, 4) is 11.3 Å². The first kappa shape index (κ1) is 12.7. The molecular formula is C13H14F2N2O. The Kier molecular flexibility index (Phi) is 4.04. The second-order valence-corrected chi connectivity index (χ2v) is 3.91. The lowest BCUT2D eigenvalue weighted by molar-refractivity contribution is 0.503. The van der Waals surface area contributed by atoms with E-state index in [4.69, 9.17) is 4.42 Å². The van der Waals surface area contributed by atoms with Crippen LogP contribution in [0, 0.1) is 11.6 Å². The van der Waals surface area contributed by atoms with Crippen LogP contribution in [-0.2, 0) is 6.54 Å². The smallest absolute Gasteiger partial charge is 0.181 e. The van der Waals surface area contributed by atoms with Gasteiger partial charge >= 0.3 is 0 Å². The Morgan fingerprint density at radius 3 is 2.94 bits per heavy atom. The molecule has 0 aliphatic heterocycles. The number of oxazole rings is 1. The van der Waals surface area contributed by atoms with E-state index < -0.39 is 11.6 Å². The lowest BCUT2D eigenvalue weighted by Gasteiger charge is -2.04. The van der Waals surface area contributed by atoms with Crippen molar-refractivity contribution in [1.29, 1.82) is 0 Å². The van der Waals surface area contributed by atoms with Crippen LogP contribution in [0.1, 0.15) is 19.0 Å². The van der Waals surface area contributed by atoms with Gasteiger partial charge in [-0.1, -0.05) is 13.0 Å². The summed E-state index contributed by atoms with van der Waals surface area (Å²) < 4.78 is 32.0. The Labute approximate surface area is 104 Å². The first-order chi connectivity index (χ1) is 8.74. The van der Waals surface area contributed by atoms with Crippen molar-refractivity contribution >= 4 is 0 Å². The molecule has 0 saturated heterocycles. The zero-order chi connectivity index (χ0) is 13.0. The zero-order valence-corrected chi connectivity index (χ0v) is 10.0. The first-order valence-electron chi connectivity index (χ1n) is 5.81. The standard InChI is InChI=1S/C13H14F2N2O/c1-2-6-16-7-11-13(18-8-17-11)9-4-3-5-10(14)12(9)15/h3-5,8,16H,2,6-7H2,1H3. The minimum atomic E-state index is -0.911. The highest BCUT2D eigenvalue weighted by atomic mass is 19.2. The number of aromatic nitrogens is 1. The molecule has 0 aliphatic rings. The predicted molar refractivity (Wildman–Crippen MR) is 63.9 cm³/mol. The summed E-state index contributed by atoms with van der Waals surface area (Å²) in [6.45, 7) is 3.34. The van der Waals surface area contributed by atoms with E-state index in [-0.39, 0.29) is 11.3 Å². The van der Waals surface area contributed by atoms with Gasteiger partial charge in [0.1, 0.15) is 5.69 Å². The van der Waals surface area contributed by atoms with E-state index in [1.807, 2.05) is 6.92 Å². The van der Waals surface area contributed by atoms with Crippen LogP contribution in [0.5, 0.6) is 0 Å². The van der Waals surface area contributed by atoms with Crippen molar-refractivity contribution in [2.75, 3.05) is 6.54 Å². The number of hydrogen-bond acceptors (Lipinski definition) is 3. The van der Waals surface area contributed by atoms with Crippen molar-refractivity contribution in [3.05, 3.63) is 41.9 Å². The lowest BCUT2D eigenvalue weighted by atomic mass is 10.1. The quantitative estimate of drug-likeness (QED) is 0.831. The summed E-state index contributed by atoms with van der Waals surface area (Å²) in [7, 11) is 0. The maximum Gasteiger partial charge on any atom is 0.181 e. The summed E-state index contributed by atoms with van der Waals surface area (Å²) in [5.74, 6) is -1.53. The van der Waals surface area contributed by atoms with Gasteiger partial charge in [0, 0.05) is 6.54 Å². The minimum absolute atomic E-state index is 0.0980. The molecule has 1 aromatic heterocycles. The monoisotopic (exact) mass is 252 g/mol. The predicted octanol–water partition coefficient (Wildman–Crippen LogP) is 3.12. The fourth-order valence-corrected chi connectivity index (χ4v) is 1.68. The Morgan fingerprint density at radius 2 is 2.17 bits per heavy atom. The zero-order valence-electron chi connectivity index (χ0n) is 10.0. The van der Waals surface area contributed by atoms with E-state index in [9.17, 15) is 8.78 Å². The van der Waals surface area contributed by atoms with E-state index in [0.29, 0.717) is 12.2 Å². The van der Waals surface area contributed by atoms with Crippen LogP contribution in [0.25, 0.3) is 11.3 Å². The maximum atomic E-state index is 13.7. The molecular weight excluding hydrogens is 238 g/mol.